The number of hydrogen-bond acceptors (Lipinski definition) is 5. The Morgan fingerprint density at radius 3 is 2.35 bits per heavy atom. The van der Waals surface area contributed by atoms with Crippen molar-refractivity contribution in [1.29, 1.82) is 0 Å². The van der Waals surface area contributed by atoms with E-state index in [9.17, 15) is 27.2 Å². The number of halogens is 6. The van der Waals surface area contributed by atoms with Gasteiger partial charge in [-0.2, -0.15) is 13.2 Å². The van der Waals surface area contributed by atoms with E-state index in [0.29, 0.717) is 5.56 Å². The summed E-state index contributed by atoms with van der Waals surface area (Å²) >= 11 is 11.4. The van der Waals surface area contributed by atoms with E-state index < -0.39 is 57.5 Å². The molecule has 182 valence electrons. The second-order valence-electron chi connectivity index (χ2n) is 7.63. The minimum Gasteiger partial charge on any atom is -0.467 e. The number of nitrogens with one attached hydrogen (secondary N) is 1. The number of carbonyl (C=O) groups is 2. The van der Waals surface area contributed by atoms with Crippen molar-refractivity contribution in [3.63, 3.8) is 0 Å². The fourth-order valence-corrected chi connectivity index (χ4v) is 3.94. The first-order chi connectivity index (χ1) is 15.8. The molecule has 2 aromatic rings. The topological polar surface area (TPSA) is 77.0 Å². The number of hydrogen-bond donors (Lipinski definition) is 1. The van der Waals surface area contributed by atoms with Crippen molar-refractivity contribution in [2.24, 2.45) is 5.16 Å². The van der Waals surface area contributed by atoms with Crippen molar-refractivity contribution in [2.45, 2.75) is 38.1 Å². The molecule has 12 heteroatoms. The van der Waals surface area contributed by atoms with Crippen LogP contribution in [-0.4, -0.2) is 36.9 Å². The van der Waals surface area contributed by atoms with Gasteiger partial charge in [-0.1, -0.05) is 34.4 Å². The zero-order valence-corrected chi connectivity index (χ0v) is 19.5. The number of nitrogens with zero attached hydrogens (tertiary/aromatic N) is 1. The second kappa shape index (κ2) is 9.42. The zero-order chi connectivity index (χ0) is 25.4. The lowest BCUT2D eigenvalue weighted by molar-refractivity contribution is -0.275. The van der Waals surface area contributed by atoms with E-state index in [2.05, 4.69) is 15.2 Å². The third-order valence-corrected chi connectivity index (χ3v) is 5.89. The Balaban J connectivity index is 1.90. The number of aryl methyl sites for hydroxylation is 1. The maximum Gasteiger partial charge on any atom is 0.435 e. The number of amides is 1. The van der Waals surface area contributed by atoms with Crippen LogP contribution in [0.5, 0.6) is 0 Å². The summed E-state index contributed by atoms with van der Waals surface area (Å²) < 4.78 is 60.8. The summed E-state index contributed by atoms with van der Waals surface area (Å²) in [4.78, 5) is 28.9. The quantitative estimate of drug-likeness (QED) is 0.329. The van der Waals surface area contributed by atoms with Gasteiger partial charge in [-0.05, 0) is 49.2 Å². The zero-order valence-electron chi connectivity index (χ0n) is 18.0. The van der Waals surface area contributed by atoms with Gasteiger partial charge in [0.25, 0.3) is 11.5 Å². The van der Waals surface area contributed by atoms with Crippen LogP contribution in [0, 0.1) is 12.7 Å². The molecule has 2 aromatic carbocycles. The Hall–Kier alpha value is -2.85. The first kappa shape index (κ1) is 25.8. The van der Waals surface area contributed by atoms with E-state index in [1.54, 1.807) is 6.92 Å². The van der Waals surface area contributed by atoms with Crippen molar-refractivity contribution < 1.29 is 36.7 Å². The second-order valence-corrected chi connectivity index (χ2v) is 8.45. The Labute approximate surface area is 201 Å². The molecule has 1 aliphatic rings. The fourth-order valence-electron chi connectivity index (χ4n) is 3.46. The first-order valence-electron chi connectivity index (χ1n) is 9.77. The monoisotopic (exact) mass is 520 g/mol. The summed E-state index contributed by atoms with van der Waals surface area (Å²) in [6, 6.07) is 4.98. The van der Waals surface area contributed by atoms with Crippen LogP contribution in [0.15, 0.2) is 35.5 Å². The molecule has 0 aromatic heterocycles. The number of ether oxygens (including phenoxy) is 1. The predicted octanol–water partition coefficient (Wildman–Crippen LogP) is 5.31. The van der Waals surface area contributed by atoms with Crippen molar-refractivity contribution in [3.05, 3.63) is 68.4 Å². The maximum atomic E-state index is 14.2. The highest BCUT2D eigenvalue weighted by atomic mass is 35.5. The summed E-state index contributed by atoms with van der Waals surface area (Å²) in [5, 5.41) is 4.94. The Kier molecular flexibility index (Phi) is 7.14. The van der Waals surface area contributed by atoms with E-state index in [1.807, 2.05) is 0 Å². The van der Waals surface area contributed by atoms with Crippen LogP contribution in [-0.2, 0) is 20.0 Å². The molecule has 0 unspecified atom stereocenters. The number of alkyl halides is 3. The predicted molar refractivity (Wildman–Crippen MR) is 117 cm³/mol. The van der Waals surface area contributed by atoms with E-state index >= 15 is 0 Å². The molecule has 0 saturated carbocycles. The van der Waals surface area contributed by atoms with Crippen LogP contribution in [0.4, 0.5) is 17.6 Å². The molecule has 3 rings (SSSR count). The highest BCUT2D eigenvalue weighted by molar-refractivity contribution is 6.35. The van der Waals surface area contributed by atoms with Crippen LogP contribution in [0.2, 0.25) is 10.0 Å². The first-order valence-corrected chi connectivity index (χ1v) is 10.5. The largest absolute Gasteiger partial charge is 0.467 e. The highest BCUT2D eigenvalue weighted by Gasteiger charge is 2.62. The van der Waals surface area contributed by atoms with Crippen LogP contribution >= 0.6 is 23.2 Å². The normalized spacial score (nSPS) is 18.7. The minimum absolute atomic E-state index is 0.0492. The lowest BCUT2D eigenvalue weighted by Gasteiger charge is -2.29. The van der Waals surface area contributed by atoms with Gasteiger partial charge in [0.2, 0.25) is 0 Å². The van der Waals surface area contributed by atoms with Crippen LogP contribution in [0.3, 0.4) is 0 Å². The summed E-state index contributed by atoms with van der Waals surface area (Å²) in [6.07, 6.45) is -5.68. The van der Waals surface area contributed by atoms with Crippen molar-refractivity contribution >= 4 is 40.8 Å². The molecule has 0 fully saturated rings. The number of esters is 1. The maximum absolute atomic E-state index is 14.2. The Morgan fingerprint density at radius 2 is 1.82 bits per heavy atom. The molecule has 6 nitrogen and oxygen atoms in total. The molecule has 1 amide bonds. The third-order valence-electron chi connectivity index (χ3n) is 5.34. The Morgan fingerprint density at radius 1 is 1.21 bits per heavy atom. The molecule has 2 atom stereocenters. The van der Waals surface area contributed by atoms with Crippen LogP contribution < -0.4 is 5.32 Å². The molecule has 0 bridgehead atoms. The molecule has 0 saturated heterocycles. The number of benzene rings is 2. The molecular weight excluding hydrogens is 503 g/mol. The average Bonchev–Trinajstić information content (AvgIpc) is 3.23. The van der Waals surface area contributed by atoms with Gasteiger partial charge in [0.1, 0.15) is 6.04 Å². The van der Waals surface area contributed by atoms with E-state index in [0.717, 1.165) is 12.1 Å². The standard InChI is InChI=1S/C22H18Cl2F4N2O4/c1-10-6-12(4-5-14(10)19(31)29-11(2)20(32)33-3)17-9-21(34-30-17,22(26,27)28)13-7-15(23)18(25)16(24)8-13/h4-8,11H,9H2,1-3H3,(H,29,31)/t11-,21+/m1/s1. The Bertz CT molecular complexity index is 1160. The van der Waals surface area contributed by atoms with Gasteiger partial charge in [-0.15, -0.1) is 0 Å². The number of methoxy groups -OCH3 is 1. The molecule has 1 heterocycles. The van der Waals surface area contributed by atoms with E-state index in [-0.39, 0.29) is 16.8 Å². The number of carbonyl (C=O) groups excluding carboxylic acids is 2. The summed E-state index contributed by atoms with van der Waals surface area (Å²) in [7, 11) is 1.18. The molecule has 0 radical (unpaired) electrons. The van der Waals surface area contributed by atoms with Crippen molar-refractivity contribution in [2.75, 3.05) is 7.11 Å². The average molecular weight is 521 g/mol. The van der Waals surface area contributed by atoms with Gasteiger partial charge in [-0.25, -0.2) is 9.18 Å². The van der Waals surface area contributed by atoms with Gasteiger partial charge >= 0.3 is 12.1 Å². The van der Waals surface area contributed by atoms with E-state index in [4.69, 9.17) is 28.0 Å². The van der Waals surface area contributed by atoms with Crippen molar-refractivity contribution in [3.8, 4) is 0 Å². The molecule has 1 N–H and O–H groups in total. The lowest BCUT2D eigenvalue weighted by atomic mass is 9.86. The summed E-state index contributed by atoms with van der Waals surface area (Å²) in [6.45, 7) is 3.02. The van der Waals surface area contributed by atoms with Crippen LogP contribution in [0.25, 0.3) is 0 Å². The number of oxime groups is 1. The fraction of sp³-hybridized carbons (Fsp3) is 0.318. The molecule has 0 aliphatic carbocycles. The van der Waals surface area contributed by atoms with Gasteiger partial charge in [0, 0.05) is 17.5 Å². The molecular formula is C22H18Cl2F4N2O4. The third kappa shape index (κ3) is 4.69. The number of rotatable bonds is 5. The molecule has 1 aliphatic heterocycles. The van der Waals surface area contributed by atoms with Gasteiger partial charge in [0.05, 0.1) is 22.9 Å². The van der Waals surface area contributed by atoms with E-state index in [1.165, 1.54) is 32.2 Å². The highest BCUT2D eigenvalue weighted by Crippen LogP contribution is 2.50. The minimum atomic E-state index is -4.94. The summed E-state index contributed by atoms with van der Waals surface area (Å²) in [5.74, 6) is -2.24. The summed E-state index contributed by atoms with van der Waals surface area (Å²) in [5.41, 5.74) is -2.57. The molecule has 0 spiro atoms. The van der Waals surface area contributed by atoms with Gasteiger partial charge in [0.15, 0.2) is 5.82 Å². The molecule has 34 heavy (non-hydrogen) atoms. The van der Waals surface area contributed by atoms with Crippen LogP contribution in [0.1, 0.15) is 40.4 Å². The van der Waals surface area contributed by atoms with Gasteiger partial charge < -0.3 is 14.9 Å². The SMILES string of the molecule is COC(=O)[C@@H](C)NC(=O)c1ccc(C2=NO[C@@](c3cc(Cl)c(F)c(Cl)c3)(C(F)(F)F)C2)cc1C. The van der Waals surface area contributed by atoms with Crippen molar-refractivity contribution in [1.82, 2.24) is 5.32 Å². The lowest BCUT2D eigenvalue weighted by Crippen LogP contribution is -2.42. The van der Waals surface area contributed by atoms with Gasteiger partial charge in [-0.3, -0.25) is 4.79 Å². The smallest absolute Gasteiger partial charge is 0.435 e.